The summed E-state index contributed by atoms with van der Waals surface area (Å²) in [6, 6.07) is 14.7. The highest BCUT2D eigenvalue weighted by molar-refractivity contribution is 5.88. The van der Waals surface area contributed by atoms with Crippen LogP contribution in [0.3, 0.4) is 0 Å². The fourth-order valence-electron chi connectivity index (χ4n) is 4.87. The second-order valence-electron chi connectivity index (χ2n) is 8.03. The van der Waals surface area contributed by atoms with E-state index in [0.29, 0.717) is 11.6 Å². The summed E-state index contributed by atoms with van der Waals surface area (Å²) in [4.78, 5) is 9.46. The molecule has 0 spiro atoms. The van der Waals surface area contributed by atoms with Gasteiger partial charge in [-0.1, -0.05) is 30.3 Å². The number of ether oxygens (including phenoxy) is 1. The van der Waals surface area contributed by atoms with Gasteiger partial charge in [0.1, 0.15) is 11.3 Å². The Bertz CT molecular complexity index is 1320. The maximum absolute atomic E-state index is 14.2. The van der Waals surface area contributed by atoms with Crippen molar-refractivity contribution in [2.24, 2.45) is 0 Å². The lowest BCUT2D eigenvalue weighted by Crippen LogP contribution is -2.19. The molecule has 3 heterocycles. The smallest absolute Gasteiger partial charge is 0.225 e. The Balaban J connectivity index is 1.68. The third kappa shape index (κ3) is 2.51. The van der Waals surface area contributed by atoms with Gasteiger partial charge in [0.25, 0.3) is 0 Å². The molecule has 1 aliphatic carbocycles. The Morgan fingerprint density at radius 3 is 2.83 bits per heavy atom. The molecule has 4 nitrogen and oxygen atoms in total. The third-order valence-corrected chi connectivity index (χ3v) is 6.26. The number of benzene rings is 2. The largest absolute Gasteiger partial charge is 0.436 e. The molecule has 1 atom stereocenters. The zero-order chi connectivity index (χ0) is 20.2. The fourth-order valence-corrected chi connectivity index (χ4v) is 4.87. The summed E-state index contributed by atoms with van der Waals surface area (Å²) < 4.78 is 20.6. The molecule has 1 unspecified atom stereocenters. The minimum Gasteiger partial charge on any atom is -0.436 e. The summed E-state index contributed by atoms with van der Waals surface area (Å²) in [5, 5.41) is 0.989. The minimum absolute atomic E-state index is 0.259. The second-order valence-corrected chi connectivity index (χ2v) is 8.03. The van der Waals surface area contributed by atoms with Crippen LogP contribution in [0.5, 0.6) is 11.6 Å². The number of nitrogens with zero attached hydrogens (tertiary/aromatic N) is 2. The molecule has 0 bridgehead atoms. The van der Waals surface area contributed by atoms with E-state index in [9.17, 15) is 4.39 Å². The van der Waals surface area contributed by atoms with Crippen molar-refractivity contribution in [1.29, 1.82) is 0 Å². The van der Waals surface area contributed by atoms with Crippen molar-refractivity contribution in [2.75, 3.05) is 5.73 Å². The van der Waals surface area contributed by atoms with Crippen LogP contribution in [0.25, 0.3) is 10.9 Å². The van der Waals surface area contributed by atoms with E-state index in [1.54, 1.807) is 18.3 Å². The number of halogens is 1. The van der Waals surface area contributed by atoms with Crippen LogP contribution in [0.2, 0.25) is 0 Å². The van der Waals surface area contributed by atoms with Gasteiger partial charge in [0.2, 0.25) is 5.88 Å². The molecule has 6 rings (SSSR count). The summed E-state index contributed by atoms with van der Waals surface area (Å²) >= 11 is 0. The van der Waals surface area contributed by atoms with Gasteiger partial charge in [-0.2, -0.15) is 0 Å². The van der Waals surface area contributed by atoms with Crippen molar-refractivity contribution in [1.82, 2.24) is 9.97 Å². The topological polar surface area (TPSA) is 61.0 Å². The summed E-state index contributed by atoms with van der Waals surface area (Å²) in [5.74, 6) is 0.668. The molecular weight excluding hydrogens is 377 g/mol. The summed E-state index contributed by atoms with van der Waals surface area (Å²) in [6.45, 7) is 0. The lowest BCUT2D eigenvalue weighted by molar-refractivity contribution is 0.434. The maximum Gasteiger partial charge on any atom is 0.225 e. The van der Waals surface area contributed by atoms with Crippen molar-refractivity contribution in [3.05, 3.63) is 88.5 Å². The van der Waals surface area contributed by atoms with Gasteiger partial charge in [-0.15, -0.1) is 0 Å². The Morgan fingerprint density at radius 1 is 1.03 bits per heavy atom. The van der Waals surface area contributed by atoms with Crippen LogP contribution in [0.15, 0.2) is 54.7 Å². The third-order valence-electron chi connectivity index (χ3n) is 6.26. The SMILES string of the molecule is Nc1c2c(nc3c1C(c1cccc(F)c1)c1ccc4cccnc4c1O3)CCCC2. The van der Waals surface area contributed by atoms with Crippen LogP contribution in [0.4, 0.5) is 10.1 Å². The number of aromatic nitrogens is 2. The molecule has 2 aromatic heterocycles. The predicted octanol–water partition coefficient (Wildman–Crippen LogP) is 5.52. The van der Waals surface area contributed by atoms with E-state index < -0.39 is 0 Å². The van der Waals surface area contributed by atoms with Gasteiger partial charge in [-0.3, -0.25) is 4.98 Å². The van der Waals surface area contributed by atoms with E-state index >= 15 is 0 Å². The first-order valence-corrected chi connectivity index (χ1v) is 10.3. The van der Waals surface area contributed by atoms with E-state index in [1.165, 1.54) is 6.07 Å². The predicted molar refractivity (Wildman–Crippen MR) is 114 cm³/mol. The molecule has 148 valence electrons. The van der Waals surface area contributed by atoms with Crippen molar-refractivity contribution < 1.29 is 9.13 Å². The lowest BCUT2D eigenvalue weighted by Gasteiger charge is -2.32. The number of nitrogens with two attached hydrogens (primary N) is 1. The lowest BCUT2D eigenvalue weighted by atomic mass is 9.80. The second kappa shape index (κ2) is 6.52. The number of anilines is 1. The Hall–Kier alpha value is -3.47. The number of fused-ring (bicyclic) bond motifs is 5. The molecule has 5 heteroatoms. The van der Waals surface area contributed by atoms with E-state index in [2.05, 4.69) is 4.98 Å². The number of nitrogen functional groups attached to an aromatic ring is 1. The number of pyridine rings is 2. The highest BCUT2D eigenvalue weighted by Gasteiger charge is 2.35. The maximum atomic E-state index is 14.2. The zero-order valence-corrected chi connectivity index (χ0v) is 16.4. The first-order valence-electron chi connectivity index (χ1n) is 10.3. The van der Waals surface area contributed by atoms with Gasteiger partial charge in [0.15, 0.2) is 5.75 Å². The molecule has 2 N–H and O–H groups in total. The molecule has 4 aromatic rings. The van der Waals surface area contributed by atoms with Gasteiger partial charge >= 0.3 is 0 Å². The van der Waals surface area contributed by atoms with Gasteiger partial charge in [0, 0.05) is 40.0 Å². The van der Waals surface area contributed by atoms with Crippen molar-refractivity contribution in [3.8, 4) is 11.6 Å². The van der Waals surface area contributed by atoms with Crippen molar-refractivity contribution in [2.45, 2.75) is 31.6 Å². The van der Waals surface area contributed by atoms with Crippen LogP contribution < -0.4 is 10.5 Å². The molecule has 0 saturated heterocycles. The number of rotatable bonds is 1. The molecule has 0 amide bonds. The van der Waals surface area contributed by atoms with Crippen LogP contribution >= 0.6 is 0 Å². The van der Waals surface area contributed by atoms with Crippen LogP contribution in [0, 0.1) is 5.82 Å². The Labute approximate surface area is 173 Å². The molecule has 0 fully saturated rings. The first kappa shape index (κ1) is 17.4. The summed E-state index contributed by atoms with van der Waals surface area (Å²) in [6.07, 6.45) is 5.79. The fraction of sp³-hybridized carbons (Fsp3) is 0.200. The minimum atomic E-state index is -0.273. The summed E-state index contributed by atoms with van der Waals surface area (Å²) in [7, 11) is 0. The normalized spacial score (nSPS) is 17.0. The molecule has 2 aliphatic rings. The first-order chi connectivity index (χ1) is 14.7. The molecule has 30 heavy (non-hydrogen) atoms. The van der Waals surface area contributed by atoms with Gasteiger partial charge in [-0.25, -0.2) is 9.37 Å². The van der Waals surface area contributed by atoms with Crippen LogP contribution in [0.1, 0.15) is 46.7 Å². The molecule has 0 saturated carbocycles. The molecular formula is C25H20FN3O. The van der Waals surface area contributed by atoms with E-state index in [1.807, 2.05) is 30.3 Å². The Morgan fingerprint density at radius 2 is 1.93 bits per heavy atom. The highest BCUT2D eigenvalue weighted by Crippen LogP contribution is 2.52. The number of hydrogen-bond acceptors (Lipinski definition) is 4. The number of aryl methyl sites for hydroxylation is 1. The highest BCUT2D eigenvalue weighted by atomic mass is 19.1. The quantitative estimate of drug-likeness (QED) is 0.405. The van der Waals surface area contributed by atoms with Crippen LogP contribution in [-0.4, -0.2) is 9.97 Å². The van der Waals surface area contributed by atoms with E-state index in [0.717, 1.165) is 70.2 Å². The molecule has 2 aromatic carbocycles. The standard InChI is InChI=1S/C25H20FN3O/c26-16-7-3-5-15(13-16)20-18-11-10-14-6-4-12-28-23(14)24(18)30-25-21(20)22(27)17-8-1-2-9-19(17)29-25/h3-7,10-13,20H,1-2,8-9H2,(H2,27,29). The van der Waals surface area contributed by atoms with Gasteiger partial charge < -0.3 is 10.5 Å². The number of hydrogen-bond donors (Lipinski definition) is 1. The van der Waals surface area contributed by atoms with E-state index in [-0.39, 0.29) is 11.7 Å². The van der Waals surface area contributed by atoms with Crippen molar-refractivity contribution >= 4 is 16.6 Å². The van der Waals surface area contributed by atoms with E-state index in [4.69, 9.17) is 15.5 Å². The van der Waals surface area contributed by atoms with Gasteiger partial charge in [-0.05, 0) is 55.0 Å². The average molecular weight is 397 g/mol. The van der Waals surface area contributed by atoms with Crippen LogP contribution in [-0.2, 0) is 12.8 Å². The van der Waals surface area contributed by atoms with Gasteiger partial charge in [0.05, 0.1) is 0 Å². The Kier molecular flexibility index (Phi) is 3.78. The molecule has 0 radical (unpaired) electrons. The molecule has 1 aliphatic heterocycles. The average Bonchev–Trinajstić information content (AvgIpc) is 2.78. The van der Waals surface area contributed by atoms with Crippen molar-refractivity contribution in [3.63, 3.8) is 0 Å². The monoisotopic (exact) mass is 397 g/mol. The zero-order valence-electron chi connectivity index (χ0n) is 16.4. The summed E-state index contributed by atoms with van der Waals surface area (Å²) in [5.41, 5.74) is 13.0.